The van der Waals surface area contributed by atoms with E-state index in [9.17, 15) is 9.65 Å². The maximum absolute atomic E-state index is 13.0. The Labute approximate surface area is 140 Å². The van der Waals surface area contributed by atoms with Gasteiger partial charge in [-0.2, -0.15) is 5.26 Å². The largest absolute Gasteiger partial charge is 0.489 e. The SMILES string of the molecule is CC[C@H](C)Oc1ccc(/C=C(/C#N)c2ccc(F)cc2)cc1Cl. The molecular weight excluding hydrogens is 313 g/mol. The second-order valence-corrected chi connectivity index (χ2v) is 5.61. The van der Waals surface area contributed by atoms with Gasteiger partial charge < -0.3 is 4.74 Å². The molecule has 1 atom stereocenters. The van der Waals surface area contributed by atoms with Gasteiger partial charge in [-0.15, -0.1) is 0 Å². The Hall–Kier alpha value is -2.31. The Morgan fingerprint density at radius 3 is 2.57 bits per heavy atom. The van der Waals surface area contributed by atoms with Crippen LogP contribution in [-0.4, -0.2) is 6.10 Å². The zero-order valence-corrected chi connectivity index (χ0v) is 13.8. The summed E-state index contributed by atoms with van der Waals surface area (Å²) in [6.07, 6.45) is 2.69. The smallest absolute Gasteiger partial charge is 0.138 e. The summed E-state index contributed by atoms with van der Waals surface area (Å²) in [4.78, 5) is 0. The summed E-state index contributed by atoms with van der Waals surface area (Å²) in [5.41, 5.74) is 1.88. The summed E-state index contributed by atoms with van der Waals surface area (Å²) in [7, 11) is 0. The summed E-state index contributed by atoms with van der Waals surface area (Å²) in [6.45, 7) is 4.02. The molecule has 2 aromatic carbocycles. The van der Waals surface area contributed by atoms with E-state index in [4.69, 9.17) is 16.3 Å². The molecule has 0 amide bonds. The van der Waals surface area contributed by atoms with Crippen molar-refractivity contribution in [2.45, 2.75) is 26.4 Å². The van der Waals surface area contributed by atoms with Crippen molar-refractivity contribution in [2.75, 3.05) is 0 Å². The highest BCUT2D eigenvalue weighted by Gasteiger charge is 2.07. The maximum atomic E-state index is 13.0. The molecule has 0 radical (unpaired) electrons. The van der Waals surface area contributed by atoms with Gasteiger partial charge in [0, 0.05) is 0 Å². The van der Waals surface area contributed by atoms with Gasteiger partial charge in [0.2, 0.25) is 0 Å². The summed E-state index contributed by atoms with van der Waals surface area (Å²) in [6, 6.07) is 13.3. The Kier molecular flexibility index (Phi) is 5.78. The van der Waals surface area contributed by atoms with Crippen molar-refractivity contribution in [3.8, 4) is 11.8 Å². The van der Waals surface area contributed by atoms with Gasteiger partial charge in [0.05, 0.1) is 22.8 Å². The van der Waals surface area contributed by atoms with E-state index in [0.717, 1.165) is 12.0 Å². The molecule has 0 aliphatic heterocycles. The van der Waals surface area contributed by atoms with Gasteiger partial charge in [-0.05, 0) is 54.8 Å². The number of nitriles is 1. The lowest BCUT2D eigenvalue weighted by molar-refractivity contribution is 0.217. The van der Waals surface area contributed by atoms with Crippen LogP contribution in [0.15, 0.2) is 42.5 Å². The summed E-state index contributed by atoms with van der Waals surface area (Å²) in [5, 5.41) is 9.81. The normalized spacial score (nSPS) is 12.6. The molecule has 118 valence electrons. The fourth-order valence-corrected chi connectivity index (χ4v) is 2.21. The third-order valence-corrected chi connectivity index (χ3v) is 3.74. The van der Waals surface area contributed by atoms with Gasteiger partial charge in [-0.25, -0.2) is 4.39 Å². The summed E-state index contributed by atoms with van der Waals surface area (Å²) >= 11 is 6.24. The molecule has 0 bridgehead atoms. The Morgan fingerprint density at radius 1 is 1.30 bits per heavy atom. The lowest BCUT2D eigenvalue weighted by Crippen LogP contribution is -2.09. The van der Waals surface area contributed by atoms with Crippen molar-refractivity contribution in [1.29, 1.82) is 5.26 Å². The van der Waals surface area contributed by atoms with Crippen LogP contribution in [0.4, 0.5) is 4.39 Å². The Balaban J connectivity index is 2.29. The van der Waals surface area contributed by atoms with Crippen molar-refractivity contribution in [3.05, 3.63) is 64.4 Å². The van der Waals surface area contributed by atoms with Gasteiger partial charge in [0.1, 0.15) is 11.6 Å². The minimum Gasteiger partial charge on any atom is -0.489 e. The van der Waals surface area contributed by atoms with Crippen molar-refractivity contribution in [2.24, 2.45) is 0 Å². The fraction of sp³-hybridized carbons (Fsp3) is 0.211. The number of halogens is 2. The monoisotopic (exact) mass is 329 g/mol. The van der Waals surface area contributed by atoms with Crippen LogP contribution in [0.3, 0.4) is 0 Å². The van der Waals surface area contributed by atoms with Gasteiger partial charge in [-0.3, -0.25) is 0 Å². The molecule has 0 unspecified atom stereocenters. The van der Waals surface area contributed by atoms with Crippen molar-refractivity contribution in [3.63, 3.8) is 0 Å². The number of ether oxygens (including phenoxy) is 1. The minimum atomic E-state index is -0.333. The molecule has 0 fully saturated rings. The van der Waals surface area contributed by atoms with Crippen molar-refractivity contribution >= 4 is 23.3 Å². The molecule has 0 aromatic heterocycles. The average molecular weight is 330 g/mol. The predicted molar refractivity (Wildman–Crippen MR) is 91.7 cm³/mol. The summed E-state index contributed by atoms with van der Waals surface area (Å²) < 4.78 is 18.7. The van der Waals surface area contributed by atoms with E-state index in [1.54, 1.807) is 30.3 Å². The molecule has 0 aliphatic carbocycles. The lowest BCUT2D eigenvalue weighted by Gasteiger charge is -2.14. The second kappa shape index (κ2) is 7.80. The van der Waals surface area contributed by atoms with Crippen LogP contribution in [0, 0.1) is 17.1 Å². The van der Waals surface area contributed by atoms with Crippen molar-refractivity contribution < 1.29 is 9.13 Å². The van der Waals surface area contributed by atoms with Crippen LogP contribution < -0.4 is 4.74 Å². The van der Waals surface area contributed by atoms with Crippen LogP contribution in [0.1, 0.15) is 31.4 Å². The number of allylic oxidation sites excluding steroid dienone is 1. The number of hydrogen-bond donors (Lipinski definition) is 0. The fourth-order valence-electron chi connectivity index (χ4n) is 1.98. The average Bonchev–Trinajstić information content (AvgIpc) is 2.55. The van der Waals surface area contributed by atoms with Gasteiger partial charge >= 0.3 is 0 Å². The first-order chi connectivity index (χ1) is 11.0. The Bertz CT molecular complexity index is 747. The Morgan fingerprint density at radius 2 is 2.00 bits per heavy atom. The van der Waals surface area contributed by atoms with E-state index in [-0.39, 0.29) is 11.9 Å². The van der Waals surface area contributed by atoms with Crippen LogP contribution in [-0.2, 0) is 0 Å². The predicted octanol–water partition coefficient (Wildman–Crippen LogP) is 5.72. The number of nitrogens with zero attached hydrogens (tertiary/aromatic N) is 1. The van der Waals surface area contributed by atoms with Crippen LogP contribution >= 0.6 is 11.6 Å². The topological polar surface area (TPSA) is 33.0 Å². The van der Waals surface area contributed by atoms with Crippen LogP contribution in [0.2, 0.25) is 5.02 Å². The molecule has 0 spiro atoms. The van der Waals surface area contributed by atoms with Gasteiger partial charge in [-0.1, -0.05) is 36.7 Å². The molecule has 4 heteroatoms. The molecule has 2 aromatic rings. The number of benzene rings is 2. The van der Waals surface area contributed by atoms with Crippen LogP contribution in [0.5, 0.6) is 5.75 Å². The minimum absolute atomic E-state index is 0.0859. The third kappa shape index (κ3) is 4.58. The van der Waals surface area contributed by atoms with Gasteiger partial charge in [0.15, 0.2) is 0 Å². The standard InChI is InChI=1S/C19H17ClFNO/c1-3-13(2)23-19-9-4-14(11-18(19)20)10-16(12-22)15-5-7-17(21)8-6-15/h4-11,13H,3H2,1-2H3/b16-10-/t13-/m0/s1. The first-order valence-corrected chi connectivity index (χ1v) is 7.75. The maximum Gasteiger partial charge on any atom is 0.138 e. The lowest BCUT2D eigenvalue weighted by atomic mass is 10.0. The second-order valence-electron chi connectivity index (χ2n) is 5.20. The van der Waals surface area contributed by atoms with Gasteiger partial charge in [0.25, 0.3) is 0 Å². The quantitative estimate of drug-likeness (QED) is 0.519. The van der Waals surface area contributed by atoms with E-state index >= 15 is 0 Å². The molecule has 23 heavy (non-hydrogen) atoms. The van der Waals surface area contributed by atoms with E-state index in [2.05, 4.69) is 6.07 Å². The number of hydrogen-bond acceptors (Lipinski definition) is 2. The van der Waals surface area contributed by atoms with E-state index in [1.807, 2.05) is 19.9 Å². The molecule has 2 nitrogen and oxygen atoms in total. The first-order valence-electron chi connectivity index (χ1n) is 7.37. The highest BCUT2D eigenvalue weighted by molar-refractivity contribution is 6.32. The highest BCUT2D eigenvalue weighted by atomic mass is 35.5. The third-order valence-electron chi connectivity index (χ3n) is 3.45. The summed E-state index contributed by atoms with van der Waals surface area (Å²) in [5.74, 6) is 0.291. The first kappa shape index (κ1) is 17.1. The van der Waals surface area contributed by atoms with Crippen molar-refractivity contribution in [1.82, 2.24) is 0 Å². The zero-order chi connectivity index (χ0) is 16.8. The number of rotatable bonds is 5. The molecule has 0 heterocycles. The molecule has 0 saturated heterocycles. The van der Waals surface area contributed by atoms with Crippen LogP contribution in [0.25, 0.3) is 11.6 Å². The zero-order valence-electron chi connectivity index (χ0n) is 13.0. The molecule has 0 N–H and O–H groups in total. The van der Waals surface area contributed by atoms with E-state index < -0.39 is 0 Å². The van der Waals surface area contributed by atoms with E-state index in [1.165, 1.54) is 12.1 Å². The molecule has 0 saturated carbocycles. The van der Waals surface area contributed by atoms with E-state index in [0.29, 0.717) is 21.9 Å². The molecular formula is C19H17ClFNO. The highest BCUT2D eigenvalue weighted by Crippen LogP contribution is 2.28. The molecule has 2 rings (SSSR count). The molecule has 0 aliphatic rings.